The third-order valence-electron chi connectivity index (χ3n) is 1.43. The molecule has 0 fully saturated rings. The molecule has 0 bridgehead atoms. The molecule has 1 aromatic heterocycles. The number of nitrogens with zero attached hydrogens (tertiary/aromatic N) is 1. The van der Waals surface area contributed by atoms with Gasteiger partial charge < -0.3 is 5.32 Å². The fourth-order valence-corrected chi connectivity index (χ4v) is 0.826. The Kier molecular flexibility index (Phi) is 3.26. The number of aromatic nitrogens is 1. The van der Waals surface area contributed by atoms with Crippen LogP contribution in [-0.2, 0) is 0 Å². The SMILES string of the molecule is CCCNC(=O)c1ccccn1. The molecular formula is C9H12N2O. The average Bonchev–Trinajstić information content (AvgIpc) is 2.15. The molecular weight excluding hydrogens is 152 g/mol. The van der Waals surface area contributed by atoms with Gasteiger partial charge in [0.25, 0.3) is 5.91 Å². The molecule has 1 aromatic rings. The summed E-state index contributed by atoms with van der Waals surface area (Å²) in [6.07, 6.45) is 2.55. The Morgan fingerprint density at radius 1 is 1.58 bits per heavy atom. The van der Waals surface area contributed by atoms with Gasteiger partial charge in [0, 0.05) is 12.7 Å². The molecule has 0 aliphatic carbocycles. The van der Waals surface area contributed by atoms with Gasteiger partial charge in [-0.25, -0.2) is 0 Å². The topological polar surface area (TPSA) is 42.0 Å². The summed E-state index contributed by atoms with van der Waals surface area (Å²) in [6.45, 7) is 2.72. The van der Waals surface area contributed by atoms with E-state index in [9.17, 15) is 4.79 Å². The Morgan fingerprint density at radius 3 is 3.00 bits per heavy atom. The summed E-state index contributed by atoms with van der Waals surface area (Å²) in [7, 11) is 0. The second-order valence-corrected chi connectivity index (χ2v) is 2.47. The van der Waals surface area contributed by atoms with Crippen molar-refractivity contribution in [1.82, 2.24) is 10.3 Å². The molecule has 12 heavy (non-hydrogen) atoms. The van der Waals surface area contributed by atoms with Gasteiger partial charge in [0.2, 0.25) is 0 Å². The third-order valence-corrected chi connectivity index (χ3v) is 1.43. The monoisotopic (exact) mass is 164 g/mol. The van der Waals surface area contributed by atoms with Crippen molar-refractivity contribution in [3.8, 4) is 0 Å². The molecule has 0 radical (unpaired) electrons. The zero-order valence-corrected chi connectivity index (χ0v) is 7.08. The van der Waals surface area contributed by atoms with E-state index in [4.69, 9.17) is 0 Å². The zero-order chi connectivity index (χ0) is 8.81. The van der Waals surface area contributed by atoms with E-state index in [-0.39, 0.29) is 5.91 Å². The van der Waals surface area contributed by atoms with Crippen LogP contribution in [0.15, 0.2) is 24.4 Å². The number of amides is 1. The van der Waals surface area contributed by atoms with Crippen LogP contribution < -0.4 is 5.32 Å². The van der Waals surface area contributed by atoms with Crippen molar-refractivity contribution < 1.29 is 4.79 Å². The fourth-order valence-electron chi connectivity index (χ4n) is 0.826. The molecule has 0 aliphatic rings. The minimum absolute atomic E-state index is 0.0996. The molecule has 64 valence electrons. The highest BCUT2D eigenvalue weighted by Crippen LogP contribution is 1.92. The van der Waals surface area contributed by atoms with E-state index >= 15 is 0 Å². The summed E-state index contributed by atoms with van der Waals surface area (Å²) in [5.41, 5.74) is 0.478. The van der Waals surface area contributed by atoms with E-state index in [1.807, 2.05) is 6.92 Å². The van der Waals surface area contributed by atoms with Crippen LogP contribution in [0.25, 0.3) is 0 Å². The molecule has 3 heteroatoms. The minimum atomic E-state index is -0.0996. The molecule has 0 saturated heterocycles. The van der Waals surface area contributed by atoms with Gasteiger partial charge >= 0.3 is 0 Å². The second-order valence-electron chi connectivity index (χ2n) is 2.47. The van der Waals surface area contributed by atoms with Crippen molar-refractivity contribution in [3.63, 3.8) is 0 Å². The molecule has 0 atom stereocenters. The largest absolute Gasteiger partial charge is 0.351 e. The first kappa shape index (κ1) is 8.71. The van der Waals surface area contributed by atoms with Gasteiger partial charge in [0.15, 0.2) is 0 Å². The van der Waals surface area contributed by atoms with Crippen LogP contribution in [0.2, 0.25) is 0 Å². The lowest BCUT2D eigenvalue weighted by Crippen LogP contribution is -2.24. The van der Waals surface area contributed by atoms with E-state index in [0.29, 0.717) is 12.2 Å². The van der Waals surface area contributed by atoms with Crippen LogP contribution in [0.5, 0.6) is 0 Å². The molecule has 0 aromatic carbocycles. The summed E-state index contributed by atoms with van der Waals surface area (Å²) in [5, 5.41) is 2.75. The predicted molar refractivity (Wildman–Crippen MR) is 46.9 cm³/mol. The van der Waals surface area contributed by atoms with Crippen LogP contribution in [-0.4, -0.2) is 17.4 Å². The predicted octanol–water partition coefficient (Wildman–Crippen LogP) is 1.22. The Morgan fingerprint density at radius 2 is 2.42 bits per heavy atom. The Bertz CT molecular complexity index is 246. The lowest BCUT2D eigenvalue weighted by atomic mass is 10.3. The lowest BCUT2D eigenvalue weighted by Gasteiger charge is -2.00. The summed E-state index contributed by atoms with van der Waals surface area (Å²) in [6, 6.07) is 5.29. The molecule has 0 spiro atoms. The Hall–Kier alpha value is -1.38. The van der Waals surface area contributed by atoms with Gasteiger partial charge in [-0.05, 0) is 18.6 Å². The van der Waals surface area contributed by atoms with Crippen molar-refractivity contribution in [3.05, 3.63) is 30.1 Å². The van der Waals surface area contributed by atoms with Crippen LogP contribution in [0, 0.1) is 0 Å². The van der Waals surface area contributed by atoms with Crippen molar-refractivity contribution in [2.45, 2.75) is 13.3 Å². The minimum Gasteiger partial charge on any atom is -0.351 e. The highest BCUT2D eigenvalue weighted by atomic mass is 16.1. The number of rotatable bonds is 3. The Labute approximate surface area is 71.8 Å². The first-order valence-electron chi connectivity index (χ1n) is 4.04. The van der Waals surface area contributed by atoms with Crippen molar-refractivity contribution in [2.24, 2.45) is 0 Å². The molecule has 0 aliphatic heterocycles. The van der Waals surface area contributed by atoms with Crippen molar-refractivity contribution >= 4 is 5.91 Å². The second kappa shape index (κ2) is 4.49. The quantitative estimate of drug-likeness (QED) is 0.729. The summed E-state index contributed by atoms with van der Waals surface area (Å²) >= 11 is 0. The number of hydrogen-bond donors (Lipinski definition) is 1. The fraction of sp³-hybridized carbons (Fsp3) is 0.333. The average molecular weight is 164 g/mol. The maximum atomic E-state index is 11.2. The normalized spacial score (nSPS) is 9.42. The maximum absolute atomic E-state index is 11.2. The number of pyridine rings is 1. The lowest BCUT2D eigenvalue weighted by molar-refractivity contribution is 0.0948. The summed E-state index contributed by atoms with van der Waals surface area (Å²) in [4.78, 5) is 15.1. The van der Waals surface area contributed by atoms with Gasteiger partial charge in [-0.1, -0.05) is 13.0 Å². The van der Waals surface area contributed by atoms with E-state index in [0.717, 1.165) is 6.42 Å². The van der Waals surface area contributed by atoms with Gasteiger partial charge in [0.05, 0.1) is 0 Å². The summed E-state index contributed by atoms with van der Waals surface area (Å²) < 4.78 is 0. The standard InChI is InChI=1S/C9H12N2O/c1-2-6-11-9(12)8-5-3-4-7-10-8/h3-5,7H,2,6H2,1H3,(H,11,12). The first-order valence-corrected chi connectivity index (χ1v) is 4.04. The third kappa shape index (κ3) is 2.34. The van der Waals surface area contributed by atoms with E-state index in [2.05, 4.69) is 10.3 Å². The molecule has 1 N–H and O–H groups in total. The van der Waals surface area contributed by atoms with Crippen LogP contribution in [0.1, 0.15) is 23.8 Å². The summed E-state index contributed by atoms with van der Waals surface area (Å²) in [5.74, 6) is -0.0996. The number of carbonyl (C=O) groups excluding carboxylic acids is 1. The van der Waals surface area contributed by atoms with Gasteiger partial charge in [-0.3, -0.25) is 9.78 Å². The van der Waals surface area contributed by atoms with Crippen LogP contribution in [0.4, 0.5) is 0 Å². The smallest absolute Gasteiger partial charge is 0.269 e. The Balaban J connectivity index is 2.54. The van der Waals surface area contributed by atoms with Gasteiger partial charge in [-0.2, -0.15) is 0 Å². The van der Waals surface area contributed by atoms with Crippen molar-refractivity contribution in [2.75, 3.05) is 6.54 Å². The molecule has 1 heterocycles. The van der Waals surface area contributed by atoms with Crippen LogP contribution >= 0.6 is 0 Å². The first-order chi connectivity index (χ1) is 5.84. The van der Waals surface area contributed by atoms with E-state index in [1.165, 1.54) is 0 Å². The number of nitrogens with one attached hydrogen (secondary N) is 1. The maximum Gasteiger partial charge on any atom is 0.269 e. The molecule has 1 amide bonds. The van der Waals surface area contributed by atoms with Crippen LogP contribution in [0.3, 0.4) is 0 Å². The zero-order valence-electron chi connectivity index (χ0n) is 7.08. The molecule has 1 rings (SSSR count). The highest BCUT2D eigenvalue weighted by molar-refractivity contribution is 5.92. The molecule has 0 unspecified atom stereocenters. The van der Waals surface area contributed by atoms with E-state index in [1.54, 1.807) is 24.4 Å². The molecule has 3 nitrogen and oxygen atoms in total. The van der Waals surface area contributed by atoms with Gasteiger partial charge in [0.1, 0.15) is 5.69 Å². The van der Waals surface area contributed by atoms with Gasteiger partial charge in [-0.15, -0.1) is 0 Å². The highest BCUT2D eigenvalue weighted by Gasteiger charge is 2.02. The number of carbonyl (C=O) groups is 1. The molecule has 0 saturated carbocycles. The number of hydrogen-bond acceptors (Lipinski definition) is 2. The van der Waals surface area contributed by atoms with Crippen molar-refractivity contribution in [1.29, 1.82) is 0 Å². The van der Waals surface area contributed by atoms with E-state index < -0.39 is 0 Å².